The average Bonchev–Trinajstić information content (AvgIpc) is 2.23. The van der Waals surface area contributed by atoms with E-state index in [0.717, 1.165) is 18.5 Å². The number of nitrogens with one attached hydrogen (secondary N) is 1. The van der Waals surface area contributed by atoms with Gasteiger partial charge in [0.15, 0.2) is 0 Å². The molecule has 0 atom stereocenters. The lowest BCUT2D eigenvalue weighted by molar-refractivity contribution is -0.145. The van der Waals surface area contributed by atoms with Gasteiger partial charge in [0, 0.05) is 11.8 Å². The summed E-state index contributed by atoms with van der Waals surface area (Å²) < 4.78 is 0. The number of hydrogen-bond acceptors (Lipinski definition) is 4. The van der Waals surface area contributed by atoms with Gasteiger partial charge in [0.2, 0.25) is 0 Å². The van der Waals surface area contributed by atoms with Gasteiger partial charge in [-0.05, 0) is 25.7 Å². The van der Waals surface area contributed by atoms with E-state index in [2.05, 4.69) is 15.3 Å². The molecule has 0 aromatic carbocycles. The number of aliphatic carboxylic acids is 1. The molecule has 1 aromatic rings. The van der Waals surface area contributed by atoms with Crippen LogP contribution in [-0.2, 0) is 11.2 Å². The first-order valence-electron chi connectivity index (χ1n) is 5.49. The lowest BCUT2D eigenvalue weighted by Gasteiger charge is -2.38. The number of aryl methyl sites for hydroxylation is 1. The topological polar surface area (TPSA) is 75.1 Å². The van der Waals surface area contributed by atoms with Gasteiger partial charge in [-0.2, -0.15) is 0 Å². The van der Waals surface area contributed by atoms with Crippen molar-refractivity contribution in [2.75, 3.05) is 5.32 Å². The van der Waals surface area contributed by atoms with Crippen LogP contribution in [0.3, 0.4) is 0 Å². The van der Waals surface area contributed by atoms with Crippen molar-refractivity contribution >= 4 is 11.8 Å². The van der Waals surface area contributed by atoms with Crippen molar-refractivity contribution in [3.8, 4) is 0 Å². The quantitative estimate of drug-likeness (QED) is 0.805. The first-order valence-corrected chi connectivity index (χ1v) is 5.49. The molecule has 0 saturated heterocycles. The second kappa shape index (κ2) is 4.08. The Balaban J connectivity index is 2.16. The van der Waals surface area contributed by atoms with Crippen LogP contribution in [0.4, 0.5) is 5.82 Å². The molecular formula is C11H15N3O2. The van der Waals surface area contributed by atoms with Crippen LogP contribution in [0.1, 0.15) is 31.9 Å². The van der Waals surface area contributed by atoms with Crippen LogP contribution in [0.2, 0.25) is 0 Å². The van der Waals surface area contributed by atoms with Crippen molar-refractivity contribution in [2.45, 2.75) is 38.1 Å². The molecule has 1 aromatic heterocycles. The molecule has 0 radical (unpaired) electrons. The van der Waals surface area contributed by atoms with E-state index in [1.807, 2.05) is 13.0 Å². The monoisotopic (exact) mass is 221 g/mol. The minimum absolute atomic E-state index is 0.606. The highest BCUT2D eigenvalue weighted by Gasteiger charge is 2.44. The summed E-state index contributed by atoms with van der Waals surface area (Å²) in [5.74, 6) is -0.190. The summed E-state index contributed by atoms with van der Waals surface area (Å²) in [6.07, 6.45) is 4.55. The highest BCUT2D eigenvalue weighted by molar-refractivity contribution is 5.83. The number of anilines is 1. The molecule has 1 aliphatic rings. The van der Waals surface area contributed by atoms with E-state index in [4.69, 9.17) is 5.11 Å². The molecule has 2 rings (SSSR count). The van der Waals surface area contributed by atoms with Crippen molar-refractivity contribution in [1.29, 1.82) is 0 Å². The summed E-state index contributed by atoms with van der Waals surface area (Å²) in [5.41, 5.74) is 0.108. The Kier molecular flexibility index (Phi) is 2.77. The minimum atomic E-state index is -0.806. The fourth-order valence-electron chi connectivity index (χ4n) is 1.83. The number of carboxylic acids is 1. The fraction of sp³-hybridized carbons (Fsp3) is 0.545. The van der Waals surface area contributed by atoms with Gasteiger partial charge in [-0.15, -0.1) is 0 Å². The number of nitrogens with zero attached hydrogens (tertiary/aromatic N) is 2. The summed E-state index contributed by atoms with van der Waals surface area (Å²) in [4.78, 5) is 19.3. The normalized spacial score (nSPS) is 17.6. The SMILES string of the molecule is CCc1cc(NC2(C(=O)O)CCC2)ncn1. The average molecular weight is 221 g/mol. The van der Waals surface area contributed by atoms with E-state index in [9.17, 15) is 4.79 Å². The Morgan fingerprint density at radius 2 is 2.31 bits per heavy atom. The van der Waals surface area contributed by atoms with Crippen LogP contribution in [-0.4, -0.2) is 26.6 Å². The molecule has 1 heterocycles. The zero-order valence-corrected chi connectivity index (χ0v) is 9.23. The number of carbonyl (C=O) groups is 1. The first kappa shape index (κ1) is 10.9. The van der Waals surface area contributed by atoms with Gasteiger partial charge in [0.25, 0.3) is 0 Å². The van der Waals surface area contributed by atoms with E-state index in [1.54, 1.807) is 0 Å². The number of hydrogen-bond donors (Lipinski definition) is 2. The molecule has 86 valence electrons. The molecule has 0 aliphatic heterocycles. The molecule has 0 spiro atoms. The number of rotatable bonds is 4. The predicted molar refractivity (Wildman–Crippen MR) is 59.3 cm³/mol. The van der Waals surface area contributed by atoms with E-state index in [0.29, 0.717) is 18.7 Å². The lowest BCUT2D eigenvalue weighted by atomic mass is 9.77. The van der Waals surface area contributed by atoms with Crippen LogP contribution in [0, 0.1) is 0 Å². The van der Waals surface area contributed by atoms with Gasteiger partial charge in [-0.25, -0.2) is 14.8 Å². The maximum atomic E-state index is 11.2. The third kappa shape index (κ3) is 1.85. The Bertz CT molecular complexity index is 402. The van der Waals surface area contributed by atoms with Gasteiger partial charge in [0.1, 0.15) is 17.7 Å². The van der Waals surface area contributed by atoms with Crippen LogP contribution in [0.25, 0.3) is 0 Å². The molecule has 0 bridgehead atoms. The number of aromatic nitrogens is 2. The van der Waals surface area contributed by atoms with Crippen LogP contribution in [0.15, 0.2) is 12.4 Å². The van der Waals surface area contributed by atoms with E-state index in [1.165, 1.54) is 6.33 Å². The molecule has 16 heavy (non-hydrogen) atoms. The molecule has 1 saturated carbocycles. The Hall–Kier alpha value is -1.65. The van der Waals surface area contributed by atoms with E-state index < -0.39 is 11.5 Å². The zero-order valence-electron chi connectivity index (χ0n) is 9.23. The van der Waals surface area contributed by atoms with Crippen LogP contribution < -0.4 is 5.32 Å². The van der Waals surface area contributed by atoms with Crippen molar-refractivity contribution in [3.05, 3.63) is 18.1 Å². The van der Waals surface area contributed by atoms with Crippen LogP contribution in [0.5, 0.6) is 0 Å². The highest BCUT2D eigenvalue weighted by atomic mass is 16.4. The maximum Gasteiger partial charge on any atom is 0.329 e. The Labute approximate surface area is 93.9 Å². The van der Waals surface area contributed by atoms with Gasteiger partial charge in [-0.1, -0.05) is 6.92 Å². The van der Waals surface area contributed by atoms with Crippen LogP contribution >= 0.6 is 0 Å². The third-order valence-electron chi connectivity index (χ3n) is 3.07. The summed E-state index contributed by atoms with van der Waals surface area (Å²) in [5, 5.41) is 12.2. The van der Waals surface area contributed by atoms with Gasteiger partial charge in [0.05, 0.1) is 0 Å². The fourth-order valence-corrected chi connectivity index (χ4v) is 1.83. The zero-order chi connectivity index (χ0) is 11.6. The van der Waals surface area contributed by atoms with Crippen molar-refractivity contribution in [3.63, 3.8) is 0 Å². The molecule has 0 unspecified atom stereocenters. The second-order valence-electron chi connectivity index (χ2n) is 4.11. The van der Waals surface area contributed by atoms with Crippen molar-refractivity contribution < 1.29 is 9.90 Å². The number of carboxylic acid groups (broad SMARTS) is 1. The lowest BCUT2D eigenvalue weighted by Crippen LogP contribution is -2.52. The maximum absolute atomic E-state index is 11.2. The highest BCUT2D eigenvalue weighted by Crippen LogP contribution is 2.35. The molecule has 5 nitrogen and oxygen atoms in total. The molecule has 0 amide bonds. The molecular weight excluding hydrogens is 206 g/mol. The summed E-state index contributed by atoms with van der Waals surface area (Å²) >= 11 is 0. The van der Waals surface area contributed by atoms with Gasteiger partial charge >= 0.3 is 5.97 Å². The third-order valence-corrected chi connectivity index (χ3v) is 3.07. The molecule has 1 fully saturated rings. The second-order valence-corrected chi connectivity index (χ2v) is 4.11. The smallest absolute Gasteiger partial charge is 0.329 e. The minimum Gasteiger partial charge on any atom is -0.480 e. The Morgan fingerprint density at radius 3 is 2.81 bits per heavy atom. The standard InChI is InChI=1S/C11H15N3O2/c1-2-8-6-9(13-7-12-8)14-11(10(15)16)4-3-5-11/h6-7H,2-5H2,1H3,(H,15,16)(H,12,13,14). The summed E-state index contributed by atoms with van der Waals surface area (Å²) in [6.45, 7) is 2.00. The van der Waals surface area contributed by atoms with Crippen molar-refractivity contribution in [2.24, 2.45) is 0 Å². The van der Waals surface area contributed by atoms with Gasteiger partial charge in [-0.3, -0.25) is 0 Å². The largest absolute Gasteiger partial charge is 0.480 e. The van der Waals surface area contributed by atoms with Gasteiger partial charge < -0.3 is 10.4 Å². The van der Waals surface area contributed by atoms with E-state index >= 15 is 0 Å². The summed E-state index contributed by atoms with van der Waals surface area (Å²) in [7, 11) is 0. The molecule has 5 heteroatoms. The first-order chi connectivity index (χ1) is 7.66. The molecule has 2 N–H and O–H groups in total. The van der Waals surface area contributed by atoms with E-state index in [-0.39, 0.29) is 0 Å². The predicted octanol–water partition coefficient (Wildman–Crippen LogP) is 1.46. The molecule has 1 aliphatic carbocycles. The summed E-state index contributed by atoms with van der Waals surface area (Å²) in [6, 6.07) is 1.81. The van der Waals surface area contributed by atoms with Crippen molar-refractivity contribution in [1.82, 2.24) is 9.97 Å². The Morgan fingerprint density at radius 1 is 1.56 bits per heavy atom.